The standard InChI is InChI=1S/C17H15F2N5OS/c1-2-26-15-6-4-3-5-12(15)17(25)20-10-16-21-22-23-24(16)11-7-8-13(18)14(19)9-11/h3-9H,2,10H2,1H3,(H,20,25). The number of hydrogen-bond acceptors (Lipinski definition) is 5. The fourth-order valence-electron chi connectivity index (χ4n) is 2.32. The van der Waals surface area contributed by atoms with E-state index < -0.39 is 11.6 Å². The summed E-state index contributed by atoms with van der Waals surface area (Å²) in [5, 5.41) is 13.9. The van der Waals surface area contributed by atoms with E-state index in [2.05, 4.69) is 20.8 Å². The molecule has 0 spiro atoms. The predicted molar refractivity (Wildman–Crippen MR) is 93.1 cm³/mol. The molecule has 1 N–H and O–H groups in total. The Bertz CT molecular complexity index is 931. The van der Waals surface area contributed by atoms with Crippen molar-refractivity contribution in [2.45, 2.75) is 18.4 Å². The molecule has 9 heteroatoms. The number of nitrogens with one attached hydrogen (secondary N) is 1. The molecule has 1 aromatic heterocycles. The Kier molecular flexibility index (Phi) is 5.57. The first-order valence-corrected chi connectivity index (χ1v) is 8.81. The molecule has 3 rings (SSSR count). The molecule has 1 amide bonds. The summed E-state index contributed by atoms with van der Waals surface area (Å²) in [6.45, 7) is 2.05. The van der Waals surface area contributed by atoms with Crippen LogP contribution in [-0.4, -0.2) is 31.9 Å². The predicted octanol–water partition coefficient (Wildman–Crippen LogP) is 2.98. The molecule has 0 saturated heterocycles. The van der Waals surface area contributed by atoms with Gasteiger partial charge in [-0.25, -0.2) is 8.78 Å². The lowest BCUT2D eigenvalue weighted by Crippen LogP contribution is -2.25. The van der Waals surface area contributed by atoms with Gasteiger partial charge in [0, 0.05) is 11.0 Å². The molecule has 0 aliphatic heterocycles. The number of benzene rings is 2. The summed E-state index contributed by atoms with van der Waals surface area (Å²) in [5.41, 5.74) is 0.825. The maximum Gasteiger partial charge on any atom is 0.252 e. The Morgan fingerprint density at radius 3 is 2.77 bits per heavy atom. The molecule has 0 saturated carbocycles. The molecule has 3 aromatic rings. The largest absolute Gasteiger partial charge is 0.345 e. The van der Waals surface area contributed by atoms with Gasteiger partial charge in [-0.2, -0.15) is 4.68 Å². The average molecular weight is 375 g/mol. The maximum atomic E-state index is 13.4. The highest BCUT2D eigenvalue weighted by Crippen LogP contribution is 2.22. The Balaban J connectivity index is 1.76. The molecule has 0 atom stereocenters. The van der Waals surface area contributed by atoms with E-state index in [9.17, 15) is 13.6 Å². The van der Waals surface area contributed by atoms with Crippen molar-refractivity contribution in [3.05, 3.63) is 65.5 Å². The molecule has 0 aliphatic carbocycles. The summed E-state index contributed by atoms with van der Waals surface area (Å²) in [6.07, 6.45) is 0. The lowest BCUT2D eigenvalue weighted by molar-refractivity contribution is 0.0946. The summed E-state index contributed by atoms with van der Waals surface area (Å²) in [7, 11) is 0. The molecule has 0 bridgehead atoms. The molecule has 2 aromatic carbocycles. The van der Waals surface area contributed by atoms with Gasteiger partial charge in [0.15, 0.2) is 17.5 Å². The van der Waals surface area contributed by atoms with Crippen molar-refractivity contribution in [2.75, 3.05) is 5.75 Å². The van der Waals surface area contributed by atoms with E-state index in [4.69, 9.17) is 0 Å². The number of amides is 1. The zero-order chi connectivity index (χ0) is 18.5. The van der Waals surface area contributed by atoms with Crippen LogP contribution >= 0.6 is 11.8 Å². The van der Waals surface area contributed by atoms with E-state index in [1.807, 2.05) is 19.1 Å². The second kappa shape index (κ2) is 8.05. The highest BCUT2D eigenvalue weighted by atomic mass is 32.2. The third-order valence-electron chi connectivity index (χ3n) is 3.52. The summed E-state index contributed by atoms with van der Waals surface area (Å²) >= 11 is 1.57. The van der Waals surface area contributed by atoms with E-state index in [0.717, 1.165) is 22.8 Å². The van der Waals surface area contributed by atoms with Crippen LogP contribution in [0.15, 0.2) is 47.4 Å². The molecule has 1 heterocycles. The molecular formula is C17H15F2N5OS. The van der Waals surface area contributed by atoms with E-state index >= 15 is 0 Å². The van der Waals surface area contributed by atoms with Crippen LogP contribution in [0.25, 0.3) is 5.69 Å². The topological polar surface area (TPSA) is 72.7 Å². The zero-order valence-corrected chi connectivity index (χ0v) is 14.6. The van der Waals surface area contributed by atoms with Crippen molar-refractivity contribution in [3.63, 3.8) is 0 Å². The van der Waals surface area contributed by atoms with Crippen LogP contribution in [0.1, 0.15) is 23.1 Å². The maximum absolute atomic E-state index is 13.4. The first kappa shape index (κ1) is 18.0. The van der Waals surface area contributed by atoms with Gasteiger partial charge in [0.2, 0.25) is 0 Å². The van der Waals surface area contributed by atoms with Gasteiger partial charge >= 0.3 is 0 Å². The lowest BCUT2D eigenvalue weighted by Gasteiger charge is -2.09. The number of carbonyl (C=O) groups is 1. The van der Waals surface area contributed by atoms with Gasteiger partial charge in [-0.3, -0.25) is 4.79 Å². The van der Waals surface area contributed by atoms with Gasteiger partial charge in [-0.15, -0.1) is 16.9 Å². The summed E-state index contributed by atoms with van der Waals surface area (Å²) in [4.78, 5) is 13.4. The van der Waals surface area contributed by atoms with Crippen LogP contribution in [0, 0.1) is 11.6 Å². The SMILES string of the molecule is CCSc1ccccc1C(=O)NCc1nnnn1-c1ccc(F)c(F)c1. The van der Waals surface area contributed by atoms with E-state index in [0.29, 0.717) is 11.4 Å². The third-order valence-corrected chi connectivity index (χ3v) is 4.48. The van der Waals surface area contributed by atoms with Crippen molar-refractivity contribution in [2.24, 2.45) is 0 Å². The van der Waals surface area contributed by atoms with Crippen molar-refractivity contribution in [3.8, 4) is 5.69 Å². The molecular weight excluding hydrogens is 360 g/mol. The Morgan fingerprint density at radius 2 is 2.00 bits per heavy atom. The Labute approximate surface area is 152 Å². The third kappa shape index (κ3) is 3.88. The highest BCUT2D eigenvalue weighted by molar-refractivity contribution is 7.99. The van der Waals surface area contributed by atoms with Crippen molar-refractivity contribution >= 4 is 17.7 Å². The first-order valence-electron chi connectivity index (χ1n) is 7.83. The monoisotopic (exact) mass is 375 g/mol. The number of tetrazole rings is 1. The van der Waals surface area contributed by atoms with Gasteiger partial charge in [-0.1, -0.05) is 19.1 Å². The van der Waals surface area contributed by atoms with Gasteiger partial charge in [0.05, 0.1) is 17.8 Å². The summed E-state index contributed by atoms with van der Waals surface area (Å²) in [5.74, 6) is -1.08. The van der Waals surface area contributed by atoms with E-state index in [-0.39, 0.29) is 18.1 Å². The fourth-order valence-corrected chi connectivity index (χ4v) is 3.13. The molecule has 0 unspecified atom stereocenters. The number of rotatable bonds is 6. The highest BCUT2D eigenvalue weighted by Gasteiger charge is 2.14. The molecule has 26 heavy (non-hydrogen) atoms. The van der Waals surface area contributed by atoms with Crippen LogP contribution < -0.4 is 5.32 Å². The molecule has 134 valence electrons. The minimum atomic E-state index is -1.00. The van der Waals surface area contributed by atoms with Gasteiger partial charge in [0.1, 0.15) is 0 Å². The molecule has 6 nitrogen and oxygen atoms in total. The average Bonchev–Trinajstić information content (AvgIpc) is 3.11. The van der Waals surface area contributed by atoms with Gasteiger partial charge in [0.25, 0.3) is 5.91 Å². The normalized spacial score (nSPS) is 10.7. The first-order chi connectivity index (χ1) is 12.6. The smallest absolute Gasteiger partial charge is 0.252 e. The summed E-state index contributed by atoms with van der Waals surface area (Å²) in [6, 6.07) is 10.6. The molecule has 0 radical (unpaired) electrons. The van der Waals surface area contributed by atoms with Crippen molar-refractivity contribution in [1.29, 1.82) is 0 Å². The number of halogens is 2. The van der Waals surface area contributed by atoms with Crippen LogP contribution in [0.5, 0.6) is 0 Å². The van der Waals surface area contributed by atoms with Gasteiger partial charge < -0.3 is 5.32 Å². The number of thioether (sulfide) groups is 1. The summed E-state index contributed by atoms with van der Waals surface area (Å²) < 4.78 is 27.8. The van der Waals surface area contributed by atoms with Crippen molar-refractivity contribution in [1.82, 2.24) is 25.5 Å². The van der Waals surface area contributed by atoms with E-state index in [1.165, 1.54) is 10.7 Å². The van der Waals surface area contributed by atoms with Crippen LogP contribution in [-0.2, 0) is 6.54 Å². The Morgan fingerprint density at radius 1 is 1.19 bits per heavy atom. The zero-order valence-electron chi connectivity index (χ0n) is 13.8. The Hall–Kier alpha value is -2.81. The minimum absolute atomic E-state index is 0.0377. The second-order valence-electron chi connectivity index (χ2n) is 5.22. The fraction of sp³-hybridized carbons (Fsp3) is 0.176. The van der Waals surface area contributed by atoms with Gasteiger partial charge in [-0.05, 0) is 40.4 Å². The van der Waals surface area contributed by atoms with Crippen LogP contribution in [0.2, 0.25) is 0 Å². The lowest BCUT2D eigenvalue weighted by atomic mass is 10.2. The number of carbonyl (C=O) groups excluding carboxylic acids is 1. The number of aromatic nitrogens is 4. The van der Waals surface area contributed by atoms with Crippen molar-refractivity contribution < 1.29 is 13.6 Å². The quantitative estimate of drug-likeness (QED) is 0.671. The number of hydrogen-bond donors (Lipinski definition) is 1. The van der Waals surface area contributed by atoms with E-state index in [1.54, 1.807) is 23.9 Å². The molecule has 0 fully saturated rings. The molecule has 0 aliphatic rings. The van der Waals surface area contributed by atoms with Crippen LogP contribution in [0.4, 0.5) is 8.78 Å². The number of nitrogens with zero attached hydrogens (tertiary/aromatic N) is 4. The minimum Gasteiger partial charge on any atom is -0.345 e. The van der Waals surface area contributed by atoms with Crippen LogP contribution in [0.3, 0.4) is 0 Å². The second-order valence-corrected chi connectivity index (χ2v) is 6.52.